The molecule has 0 aliphatic rings. The Morgan fingerprint density at radius 3 is 2.06 bits per heavy atom. The lowest BCUT2D eigenvalue weighted by atomic mass is 10.1. The Bertz CT molecular complexity index is 269. The van der Waals surface area contributed by atoms with Gasteiger partial charge in [-0.25, -0.2) is 0 Å². The number of carbonyl (C=O) groups excluding carboxylic acids is 3. The van der Waals surface area contributed by atoms with Crippen LogP contribution in [0.25, 0.3) is 0 Å². The third-order valence-corrected chi connectivity index (χ3v) is 2.10. The minimum absolute atomic E-state index is 0.000320. The van der Waals surface area contributed by atoms with Crippen LogP contribution in [0.4, 0.5) is 0 Å². The van der Waals surface area contributed by atoms with Gasteiger partial charge in [0.05, 0.1) is 13.0 Å². The van der Waals surface area contributed by atoms with Crippen LogP contribution in [0.5, 0.6) is 0 Å². The molecule has 4 nitrogen and oxygen atoms in total. The molecule has 0 saturated carbocycles. The van der Waals surface area contributed by atoms with Gasteiger partial charge >= 0.3 is 0 Å². The third-order valence-electron chi connectivity index (χ3n) is 2.10. The molecule has 0 spiro atoms. The second-order valence-corrected chi connectivity index (χ2v) is 4.71. The molecule has 0 aliphatic carbocycles. The summed E-state index contributed by atoms with van der Waals surface area (Å²) in [5.41, 5.74) is 0. The zero-order valence-electron chi connectivity index (χ0n) is 10.5. The summed E-state index contributed by atoms with van der Waals surface area (Å²) in [6.45, 7) is 7.42. The minimum Gasteiger partial charge on any atom is -0.349 e. The van der Waals surface area contributed by atoms with Gasteiger partial charge in [0.2, 0.25) is 5.91 Å². The molecular formula is C12H21NO3. The van der Waals surface area contributed by atoms with Gasteiger partial charge in [0.25, 0.3) is 0 Å². The van der Waals surface area contributed by atoms with Crippen molar-refractivity contribution in [1.29, 1.82) is 0 Å². The van der Waals surface area contributed by atoms with E-state index in [1.54, 1.807) is 13.8 Å². The summed E-state index contributed by atoms with van der Waals surface area (Å²) < 4.78 is 0. The van der Waals surface area contributed by atoms with Crippen LogP contribution in [-0.4, -0.2) is 24.0 Å². The molecule has 0 aromatic heterocycles. The van der Waals surface area contributed by atoms with E-state index in [0.717, 1.165) is 0 Å². The smallest absolute Gasteiger partial charge is 0.227 e. The monoisotopic (exact) mass is 227 g/mol. The highest BCUT2D eigenvalue weighted by Crippen LogP contribution is 2.00. The Kier molecular flexibility index (Phi) is 6.61. The minimum atomic E-state index is -0.365. The number of rotatable bonds is 7. The molecule has 16 heavy (non-hydrogen) atoms. The Morgan fingerprint density at radius 2 is 1.62 bits per heavy atom. The van der Waals surface area contributed by atoms with Crippen molar-refractivity contribution in [3.63, 3.8) is 0 Å². The second-order valence-electron chi connectivity index (χ2n) is 4.71. The van der Waals surface area contributed by atoms with Crippen LogP contribution in [-0.2, 0) is 14.4 Å². The quantitative estimate of drug-likeness (QED) is 0.667. The van der Waals surface area contributed by atoms with E-state index in [4.69, 9.17) is 0 Å². The molecule has 0 atom stereocenters. The van der Waals surface area contributed by atoms with Crippen molar-refractivity contribution < 1.29 is 14.4 Å². The van der Waals surface area contributed by atoms with E-state index in [-0.39, 0.29) is 36.4 Å². The maximum absolute atomic E-state index is 11.3. The van der Waals surface area contributed by atoms with Crippen molar-refractivity contribution >= 4 is 17.5 Å². The second kappa shape index (κ2) is 7.14. The van der Waals surface area contributed by atoms with Gasteiger partial charge in [-0.15, -0.1) is 0 Å². The van der Waals surface area contributed by atoms with Crippen molar-refractivity contribution in [2.45, 2.75) is 40.5 Å². The van der Waals surface area contributed by atoms with Crippen LogP contribution in [0, 0.1) is 11.8 Å². The van der Waals surface area contributed by atoms with Crippen LogP contribution in [0.2, 0.25) is 0 Å². The first-order chi connectivity index (χ1) is 7.32. The molecule has 0 heterocycles. The summed E-state index contributed by atoms with van der Waals surface area (Å²) in [5, 5.41) is 2.46. The molecular weight excluding hydrogens is 206 g/mol. The van der Waals surface area contributed by atoms with E-state index in [1.807, 2.05) is 13.8 Å². The standard InChI is InChI=1S/C12H21NO3/c1-8(2)5-10(14)7-13-12(16)6-11(15)9(3)4/h8-9H,5-7H2,1-4H3,(H,13,16). The van der Waals surface area contributed by atoms with Gasteiger partial charge in [-0.2, -0.15) is 0 Å². The molecule has 0 aromatic rings. The molecule has 0 aliphatic heterocycles. The normalized spacial score (nSPS) is 10.6. The third kappa shape index (κ3) is 7.15. The van der Waals surface area contributed by atoms with Crippen LogP contribution in [0.1, 0.15) is 40.5 Å². The average molecular weight is 227 g/mol. The van der Waals surface area contributed by atoms with Gasteiger partial charge in [0.1, 0.15) is 5.78 Å². The van der Waals surface area contributed by atoms with Crippen molar-refractivity contribution in [3.05, 3.63) is 0 Å². The van der Waals surface area contributed by atoms with E-state index in [2.05, 4.69) is 5.32 Å². The molecule has 0 aromatic carbocycles. The van der Waals surface area contributed by atoms with Crippen LogP contribution in [0.3, 0.4) is 0 Å². The fraction of sp³-hybridized carbons (Fsp3) is 0.750. The lowest BCUT2D eigenvalue weighted by molar-refractivity contribution is -0.131. The molecule has 0 unspecified atom stereocenters. The van der Waals surface area contributed by atoms with E-state index in [0.29, 0.717) is 12.3 Å². The van der Waals surface area contributed by atoms with Crippen molar-refractivity contribution in [1.82, 2.24) is 5.32 Å². The SMILES string of the molecule is CC(C)CC(=O)CNC(=O)CC(=O)C(C)C. The van der Waals surface area contributed by atoms with E-state index < -0.39 is 0 Å². The summed E-state index contributed by atoms with van der Waals surface area (Å²) in [4.78, 5) is 33.8. The average Bonchev–Trinajstić information content (AvgIpc) is 2.13. The molecule has 92 valence electrons. The Hall–Kier alpha value is -1.19. The van der Waals surface area contributed by atoms with Gasteiger partial charge in [0, 0.05) is 12.3 Å². The number of Topliss-reactive ketones (excluding diaryl/α,β-unsaturated/α-hetero) is 2. The Morgan fingerprint density at radius 1 is 1.06 bits per heavy atom. The van der Waals surface area contributed by atoms with Crippen LogP contribution >= 0.6 is 0 Å². The predicted octanol–water partition coefficient (Wildman–Crippen LogP) is 1.33. The van der Waals surface area contributed by atoms with E-state index in [1.165, 1.54) is 0 Å². The maximum atomic E-state index is 11.3. The Balaban J connectivity index is 3.82. The number of hydrogen-bond acceptors (Lipinski definition) is 3. The van der Waals surface area contributed by atoms with Crippen LogP contribution in [0.15, 0.2) is 0 Å². The largest absolute Gasteiger partial charge is 0.349 e. The summed E-state index contributed by atoms with van der Waals surface area (Å²) in [6, 6.07) is 0. The lowest BCUT2D eigenvalue weighted by Gasteiger charge is -2.07. The Labute approximate surface area is 96.8 Å². The van der Waals surface area contributed by atoms with Crippen molar-refractivity contribution in [2.75, 3.05) is 6.54 Å². The van der Waals surface area contributed by atoms with E-state index >= 15 is 0 Å². The van der Waals surface area contributed by atoms with Gasteiger partial charge in [-0.1, -0.05) is 27.7 Å². The summed E-state index contributed by atoms with van der Waals surface area (Å²) in [5.74, 6) is -0.316. The first-order valence-electron chi connectivity index (χ1n) is 5.64. The number of nitrogens with one attached hydrogen (secondary N) is 1. The maximum Gasteiger partial charge on any atom is 0.227 e. The lowest BCUT2D eigenvalue weighted by Crippen LogP contribution is -2.32. The fourth-order valence-corrected chi connectivity index (χ4v) is 1.15. The highest BCUT2D eigenvalue weighted by atomic mass is 16.2. The number of carbonyl (C=O) groups is 3. The van der Waals surface area contributed by atoms with Gasteiger partial charge in [-0.3, -0.25) is 14.4 Å². The zero-order chi connectivity index (χ0) is 12.7. The van der Waals surface area contributed by atoms with Gasteiger partial charge in [-0.05, 0) is 5.92 Å². The first kappa shape index (κ1) is 14.8. The molecule has 0 rings (SSSR count). The highest BCUT2D eigenvalue weighted by Gasteiger charge is 2.13. The molecule has 0 bridgehead atoms. The molecule has 1 amide bonds. The molecule has 0 fully saturated rings. The zero-order valence-corrected chi connectivity index (χ0v) is 10.5. The fourth-order valence-electron chi connectivity index (χ4n) is 1.15. The predicted molar refractivity (Wildman–Crippen MR) is 61.9 cm³/mol. The van der Waals surface area contributed by atoms with Gasteiger partial charge in [0.15, 0.2) is 5.78 Å². The highest BCUT2D eigenvalue weighted by molar-refractivity contribution is 5.99. The molecule has 1 N–H and O–H groups in total. The topological polar surface area (TPSA) is 63.2 Å². The first-order valence-corrected chi connectivity index (χ1v) is 5.64. The molecule has 4 heteroatoms. The summed E-state index contributed by atoms with van der Waals surface area (Å²) in [6.07, 6.45) is 0.324. The summed E-state index contributed by atoms with van der Waals surface area (Å²) >= 11 is 0. The number of amides is 1. The number of ketones is 2. The number of hydrogen-bond donors (Lipinski definition) is 1. The molecule has 0 saturated heterocycles. The van der Waals surface area contributed by atoms with Crippen LogP contribution < -0.4 is 5.32 Å². The van der Waals surface area contributed by atoms with Crippen molar-refractivity contribution in [2.24, 2.45) is 11.8 Å². The van der Waals surface area contributed by atoms with Crippen molar-refractivity contribution in [3.8, 4) is 0 Å². The van der Waals surface area contributed by atoms with E-state index in [9.17, 15) is 14.4 Å². The summed E-state index contributed by atoms with van der Waals surface area (Å²) in [7, 11) is 0. The van der Waals surface area contributed by atoms with Gasteiger partial charge < -0.3 is 5.32 Å². The molecule has 0 radical (unpaired) electrons.